The van der Waals surface area contributed by atoms with Gasteiger partial charge in [-0.3, -0.25) is 14.4 Å². The normalized spacial score (nSPS) is 19.7. The maximum Gasteiger partial charge on any atom is 0.254 e. The smallest absolute Gasteiger partial charge is 0.254 e. The van der Waals surface area contributed by atoms with E-state index in [-0.39, 0.29) is 36.2 Å². The number of carbonyl (C=O) groups excluding carboxylic acids is 3. The average Bonchev–Trinajstić information content (AvgIpc) is 3.36. The third-order valence-corrected chi connectivity index (χ3v) is 7.05. The van der Waals surface area contributed by atoms with Gasteiger partial charge in [-0.1, -0.05) is 26.0 Å². The molecule has 1 N–H and O–H groups in total. The third-order valence-electron chi connectivity index (χ3n) is 7.05. The van der Waals surface area contributed by atoms with Crippen LogP contribution in [-0.4, -0.2) is 84.3 Å². The predicted molar refractivity (Wildman–Crippen MR) is 137 cm³/mol. The molecular formula is C28H35FN4O4. The first-order valence-electron chi connectivity index (χ1n) is 12.8. The Kier molecular flexibility index (Phi) is 8.43. The van der Waals surface area contributed by atoms with Crippen LogP contribution in [0.4, 0.5) is 4.39 Å². The Balaban J connectivity index is 1.64. The highest BCUT2D eigenvalue weighted by molar-refractivity contribution is 5.98. The van der Waals surface area contributed by atoms with E-state index in [0.29, 0.717) is 50.5 Å². The van der Waals surface area contributed by atoms with Crippen molar-refractivity contribution in [1.82, 2.24) is 20.0 Å². The molecule has 0 bridgehead atoms. The Morgan fingerprint density at radius 2 is 1.81 bits per heavy atom. The van der Waals surface area contributed by atoms with E-state index in [9.17, 15) is 18.8 Å². The van der Waals surface area contributed by atoms with Gasteiger partial charge in [-0.15, -0.1) is 0 Å². The Morgan fingerprint density at radius 1 is 1.11 bits per heavy atom. The van der Waals surface area contributed by atoms with Crippen LogP contribution in [0, 0.1) is 11.7 Å². The summed E-state index contributed by atoms with van der Waals surface area (Å²) in [5.41, 5.74) is 1.22. The summed E-state index contributed by atoms with van der Waals surface area (Å²) in [5.74, 6) is -0.490. The van der Waals surface area contributed by atoms with E-state index in [1.807, 2.05) is 38.1 Å². The van der Waals surface area contributed by atoms with Gasteiger partial charge >= 0.3 is 0 Å². The molecule has 2 heterocycles. The van der Waals surface area contributed by atoms with E-state index in [2.05, 4.69) is 5.32 Å². The van der Waals surface area contributed by atoms with Gasteiger partial charge in [-0.25, -0.2) is 4.39 Å². The second-order valence-corrected chi connectivity index (χ2v) is 9.92. The number of piperazine rings is 1. The average molecular weight is 511 g/mol. The van der Waals surface area contributed by atoms with Crippen molar-refractivity contribution < 1.29 is 23.5 Å². The number of hydrogen-bond acceptors (Lipinski definition) is 5. The number of methoxy groups -OCH3 is 1. The molecular weight excluding hydrogens is 475 g/mol. The molecule has 2 saturated heterocycles. The molecule has 37 heavy (non-hydrogen) atoms. The maximum absolute atomic E-state index is 13.6. The molecule has 0 aromatic heterocycles. The maximum atomic E-state index is 13.6. The van der Waals surface area contributed by atoms with E-state index >= 15 is 0 Å². The fourth-order valence-electron chi connectivity index (χ4n) is 5.04. The van der Waals surface area contributed by atoms with Gasteiger partial charge < -0.3 is 24.8 Å². The molecule has 0 radical (unpaired) electrons. The van der Waals surface area contributed by atoms with Gasteiger partial charge in [0.05, 0.1) is 13.2 Å². The third kappa shape index (κ3) is 6.10. The quantitative estimate of drug-likeness (QED) is 0.619. The summed E-state index contributed by atoms with van der Waals surface area (Å²) in [7, 11) is 1.60. The second kappa shape index (κ2) is 11.7. The topological polar surface area (TPSA) is 82.2 Å². The standard InChI is InChI=1S/C28H35FN4O4/c1-19(2)26(34)32(17-20-5-4-6-24(15-20)37-3)23-16-25(28(36)31-13-11-30-12-14-31)33(18-23)27(35)21-7-9-22(29)10-8-21/h4-10,15,19,23,25,30H,11-14,16-18H2,1-3H3. The molecule has 4 rings (SSSR count). The van der Waals surface area contributed by atoms with E-state index in [4.69, 9.17) is 4.74 Å². The Bertz CT molecular complexity index is 1120. The largest absolute Gasteiger partial charge is 0.497 e. The first-order valence-corrected chi connectivity index (χ1v) is 12.8. The first kappa shape index (κ1) is 26.6. The summed E-state index contributed by atoms with van der Waals surface area (Å²) in [6.07, 6.45) is 0.345. The van der Waals surface area contributed by atoms with Crippen LogP contribution in [-0.2, 0) is 16.1 Å². The number of ether oxygens (including phenoxy) is 1. The summed E-state index contributed by atoms with van der Waals surface area (Å²) >= 11 is 0. The number of hydrogen-bond donors (Lipinski definition) is 1. The molecule has 2 aromatic rings. The zero-order chi connectivity index (χ0) is 26.5. The number of amides is 3. The highest BCUT2D eigenvalue weighted by Gasteiger charge is 2.45. The fourth-order valence-corrected chi connectivity index (χ4v) is 5.04. The van der Waals surface area contributed by atoms with Crippen LogP contribution in [0.5, 0.6) is 5.75 Å². The van der Waals surface area contributed by atoms with Gasteiger partial charge in [-0.2, -0.15) is 0 Å². The molecule has 2 unspecified atom stereocenters. The van der Waals surface area contributed by atoms with Crippen molar-refractivity contribution >= 4 is 17.7 Å². The number of nitrogens with one attached hydrogen (secondary N) is 1. The fraction of sp³-hybridized carbons (Fsp3) is 0.464. The highest BCUT2D eigenvalue weighted by Crippen LogP contribution is 2.29. The van der Waals surface area contributed by atoms with Crippen LogP contribution < -0.4 is 10.1 Å². The number of carbonyl (C=O) groups is 3. The number of benzene rings is 2. The van der Waals surface area contributed by atoms with Crippen LogP contribution in [0.25, 0.3) is 0 Å². The lowest BCUT2D eigenvalue weighted by Crippen LogP contribution is -2.53. The van der Waals surface area contributed by atoms with Gasteiger partial charge in [0.1, 0.15) is 17.6 Å². The van der Waals surface area contributed by atoms with Crippen molar-refractivity contribution in [1.29, 1.82) is 0 Å². The number of rotatable bonds is 7. The molecule has 9 heteroatoms. The SMILES string of the molecule is COc1cccc(CN(C(=O)C(C)C)C2CC(C(=O)N3CCNCC3)N(C(=O)c3ccc(F)cc3)C2)c1. The molecule has 0 saturated carbocycles. The van der Waals surface area contributed by atoms with E-state index in [1.165, 1.54) is 24.3 Å². The molecule has 2 atom stereocenters. The summed E-state index contributed by atoms with van der Waals surface area (Å²) in [6, 6.07) is 11.9. The minimum atomic E-state index is -0.701. The molecule has 8 nitrogen and oxygen atoms in total. The molecule has 0 spiro atoms. The monoisotopic (exact) mass is 510 g/mol. The van der Waals surface area contributed by atoms with Gasteiger partial charge in [0.2, 0.25) is 11.8 Å². The molecule has 2 aromatic carbocycles. The summed E-state index contributed by atoms with van der Waals surface area (Å²) in [4.78, 5) is 45.7. The Hall–Kier alpha value is -3.46. The summed E-state index contributed by atoms with van der Waals surface area (Å²) in [6.45, 7) is 6.78. The second-order valence-electron chi connectivity index (χ2n) is 9.92. The lowest BCUT2D eigenvalue weighted by molar-refractivity contribution is -0.138. The number of likely N-dealkylation sites (tertiary alicyclic amines) is 1. The number of nitrogens with zero attached hydrogens (tertiary/aromatic N) is 3. The van der Waals surface area contributed by atoms with Gasteiger partial charge in [-0.05, 0) is 48.4 Å². The Morgan fingerprint density at radius 3 is 2.46 bits per heavy atom. The van der Waals surface area contributed by atoms with E-state index < -0.39 is 11.9 Å². The highest BCUT2D eigenvalue weighted by atomic mass is 19.1. The van der Waals surface area contributed by atoms with Crippen molar-refractivity contribution in [3.8, 4) is 5.75 Å². The van der Waals surface area contributed by atoms with E-state index in [0.717, 1.165) is 5.56 Å². The molecule has 0 aliphatic carbocycles. The molecule has 198 valence electrons. The minimum Gasteiger partial charge on any atom is -0.497 e. The number of halogens is 1. The lowest BCUT2D eigenvalue weighted by Gasteiger charge is -2.32. The summed E-state index contributed by atoms with van der Waals surface area (Å²) in [5, 5.41) is 3.24. The van der Waals surface area contributed by atoms with Gasteiger partial charge in [0, 0.05) is 50.7 Å². The molecule has 3 amide bonds. The van der Waals surface area contributed by atoms with Crippen molar-refractivity contribution in [2.75, 3.05) is 39.8 Å². The van der Waals surface area contributed by atoms with Gasteiger partial charge in [0.15, 0.2) is 0 Å². The minimum absolute atomic E-state index is 0.0442. The van der Waals surface area contributed by atoms with Gasteiger partial charge in [0.25, 0.3) is 5.91 Å². The first-order chi connectivity index (χ1) is 17.8. The lowest BCUT2D eigenvalue weighted by atomic mass is 10.0. The van der Waals surface area contributed by atoms with Crippen LogP contribution in [0.2, 0.25) is 0 Å². The Labute approximate surface area is 217 Å². The van der Waals surface area contributed by atoms with Crippen molar-refractivity contribution in [2.45, 2.75) is 38.9 Å². The zero-order valence-corrected chi connectivity index (χ0v) is 21.7. The van der Waals surface area contributed by atoms with Crippen LogP contribution in [0.15, 0.2) is 48.5 Å². The zero-order valence-electron chi connectivity index (χ0n) is 21.7. The van der Waals surface area contributed by atoms with Crippen LogP contribution >= 0.6 is 0 Å². The molecule has 2 aliphatic heterocycles. The molecule has 2 aliphatic rings. The predicted octanol–water partition coefficient (Wildman–Crippen LogP) is 2.53. The van der Waals surface area contributed by atoms with E-state index in [1.54, 1.807) is 21.8 Å². The molecule has 2 fully saturated rings. The van der Waals surface area contributed by atoms with Crippen LogP contribution in [0.1, 0.15) is 36.2 Å². The summed E-state index contributed by atoms with van der Waals surface area (Å²) < 4.78 is 18.9. The van der Waals surface area contributed by atoms with Crippen molar-refractivity contribution in [3.63, 3.8) is 0 Å². The van der Waals surface area contributed by atoms with Crippen molar-refractivity contribution in [3.05, 3.63) is 65.5 Å². The van der Waals surface area contributed by atoms with Crippen molar-refractivity contribution in [2.24, 2.45) is 5.92 Å². The van der Waals surface area contributed by atoms with Crippen LogP contribution in [0.3, 0.4) is 0 Å².